The first-order valence-corrected chi connectivity index (χ1v) is 8.11. The molecule has 0 aromatic carbocycles. The predicted molar refractivity (Wildman–Crippen MR) is 81.9 cm³/mol. The summed E-state index contributed by atoms with van der Waals surface area (Å²) >= 11 is 0. The lowest BCUT2D eigenvalue weighted by Crippen LogP contribution is -2.46. The molecule has 1 aromatic heterocycles. The van der Waals surface area contributed by atoms with Gasteiger partial charge in [-0.05, 0) is 26.9 Å². The Morgan fingerprint density at radius 2 is 2.05 bits per heavy atom. The van der Waals surface area contributed by atoms with Gasteiger partial charge in [0.2, 0.25) is 0 Å². The molecular weight excluding hydrogens is 248 g/mol. The number of hydrogen-bond acceptors (Lipinski definition) is 3. The van der Waals surface area contributed by atoms with Gasteiger partial charge in [-0.15, -0.1) is 0 Å². The fraction of sp³-hybridized carbons (Fsp3) is 0.812. The highest BCUT2D eigenvalue weighted by molar-refractivity contribution is 5.21. The van der Waals surface area contributed by atoms with Crippen molar-refractivity contribution in [1.82, 2.24) is 19.8 Å². The second-order valence-electron chi connectivity index (χ2n) is 6.61. The third-order valence-corrected chi connectivity index (χ3v) is 5.32. The van der Waals surface area contributed by atoms with E-state index in [1.54, 1.807) is 0 Å². The molecule has 0 saturated heterocycles. The minimum atomic E-state index is 0.350. The molecular formula is C16H28N4. The second kappa shape index (κ2) is 5.49. The van der Waals surface area contributed by atoms with Crippen LogP contribution in [-0.2, 0) is 25.9 Å². The molecule has 2 aliphatic rings. The number of likely N-dealkylation sites (N-methyl/N-ethyl adjacent to an activating group) is 1. The number of aromatic nitrogens is 2. The normalized spacial score (nSPS) is 21.4. The number of hydrogen-bond donors (Lipinski definition) is 1. The predicted octanol–water partition coefficient (Wildman–Crippen LogP) is 1.97. The molecule has 112 valence electrons. The van der Waals surface area contributed by atoms with E-state index in [4.69, 9.17) is 4.98 Å². The van der Waals surface area contributed by atoms with Crippen molar-refractivity contribution < 1.29 is 0 Å². The van der Waals surface area contributed by atoms with E-state index < -0.39 is 0 Å². The molecule has 4 nitrogen and oxygen atoms in total. The minimum Gasteiger partial charge on any atom is -0.330 e. The largest absolute Gasteiger partial charge is 0.330 e. The molecule has 1 aromatic rings. The fourth-order valence-corrected chi connectivity index (χ4v) is 3.96. The van der Waals surface area contributed by atoms with Crippen molar-refractivity contribution in [3.05, 3.63) is 17.2 Å². The van der Waals surface area contributed by atoms with Crippen LogP contribution in [0, 0.1) is 0 Å². The van der Waals surface area contributed by atoms with Crippen LogP contribution in [0.15, 0.2) is 0 Å². The average molecular weight is 276 g/mol. The highest BCUT2D eigenvalue weighted by Crippen LogP contribution is 2.36. The van der Waals surface area contributed by atoms with Crippen LogP contribution in [0.3, 0.4) is 0 Å². The van der Waals surface area contributed by atoms with Crippen molar-refractivity contribution >= 4 is 0 Å². The Hall–Kier alpha value is -0.870. The minimum absolute atomic E-state index is 0.350. The van der Waals surface area contributed by atoms with Gasteiger partial charge >= 0.3 is 0 Å². The molecule has 1 fully saturated rings. The molecule has 20 heavy (non-hydrogen) atoms. The average Bonchev–Trinajstić information content (AvgIpc) is 3.05. The van der Waals surface area contributed by atoms with Gasteiger partial charge in [0.05, 0.1) is 5.69 Å². The van der Waals surface area contributed by atoms with Crippen molar-refractivity contribution in [2.24, 2.45) is 0 Å². The molecule has 0 radical (unpaired) electrons. The SMILES string of the molecule is CCc1nc2c(n1CC1(N(C)C)CCCC1)CCNC2. The van der Waals surface area contributed by atoms with Crippen molar-refractivity contribution in [2.45, 2.75) is 64.1 Å². The molecule has 3 rings (SSSR count). The monoisotopic (exact) mass is 276 g/mol. The number of nitrogens with zero attached hydrogens (tertiary/aromatic N) is 3. The number of imidazole rings is 1. The Bertz CT molecular complexity index is 469. The Kier molecular flexibility index (Phi) is 3.87. The summed E-state index contributed by atoms with van der Waals surface area (Å²) in [6.07, 6.45) is 7.57. The van der Waals surface area contributed by atoms with Crippen LogP contribution in [0.2, 0.25) is 0 Å². The van der Waals surface area contributed by atoms with Crippen LogP contribution in [0.1, 0.15) is 49.8 Å². The zero-order chi connectivity index (χ0) is 14.2. The topological polar surface area (TPSA) is 33.1 Å². The summed E-state index contributed by atoms with van der Waals surface area (Å²) in [6.45, 7) is 5.40. The van der Waals surface area contributed by atoms with Crippen molar-refractivity contribution in [3.8, 4) is 0 Å². The lowest BCUT2D eigenvalue weighted by molar-refractivity contribution is 0.131. The zero-order valence-corrected chi connectivity index (χ0v) is 13.2. The summed E-state index contributed by atoms with van der Waals surface area (Å²) in [5.74, 6) is 1.28. The lowest BCUT2D eigenvalue weighted by atomic mass is 9.95. The van der Waals surface area contributed by atoms with Gasteiger partial charge < -0.3 is 14.8 Å². The van der Waals surface area contributed by atoms with Gasteiger partial charge in [-0.3, -0.25) is 0 Å². The first-order chi connectivity index (χ1) is 9.66. The molecule has 1 aliphatic carbocycles. The smallest absolute Gasteiger partial charge is 0.109 e. The Morgan fingerprint density at radius 1 is 1.30 bits per heavy atom. The van der Waals surface area contributed by atoms with Crippen LogP contribution in [0.4, 0.5) is 0 Å². The van der Waals surface area contributed by atoms with E-state index in [2.05, 4.69) is 35.8 Å². The molecule has 1 N–H and O–H groups in total. The summed E-state index contributed by atoms with van der Waals surface area (Å²) in [4.78, 5) is 7.35. The fourth-order valence-electron chi connectivity index (χ4n) is 3.96. The molecule has 0 atom stereocenters. The maximum atomic E-state index is 4.88. The lowest BCUT2D eigenvalue weighted by Gasteiger charge is -2.37. The maximum absolute atomic E-state index is 4.88. The summed E-state index contributed by atoms with van der Waals surface area (Å²) in [5.41, 5.74) is 3.14. The van der Waals surface area contributed by atoms with Gasteiger partial charge in [0.25, 0.3) is 0 Å². The number of aryl methyl sites for hydroxylation is 1. The highest BCUT2D eigenvalue weighted by atomic mass is 15.2. The first kappa shape index (κ1) is 14.1. The van der Waals surface area contributed by atoms with E-state index in [9.17, 15) is 0 Å². The second-order valence-corrected chi connectivity index (χ2v) is 6.61. The molecule has 0 bridgehead atoms. The van der Waals surface area contributed by atoms with E-state index in [-0.39, 0.29) is 0 Å². The molecule has 0 amide bonds. The Labute approximate surface area is 122 Å². The van der Waals surface area contributed by atoms with E-state index in [0.29, 0.717) is 5.54 Å². The molecule has 2 heterocycles. The van der Waals surface area contributed by atoms with Crippen LogP contribution in [-0.4, -0.2) is 40.6 Å². The third kappa shape index (κ3) is 2.29. The van der Waals surface area contributed by atoms with Gasteiger partial charge in [0.15, 0.2) is 0 Å². The summed E-state index contributed by atoms with van der Waals surface area (Å²) in [7, 11) is 4.50. The van der Waals surface area contributed by atoms with Crippen LogP contribution in [0.25, 0.3) is 0 Å². The van der Waals surface area contributed by atoms with Gasteiger partial charge in [0, 0.05) is 43.7 Å². The third-order valence-electron chi connectivity index (χ3n) is 5.32. The van der Waals surface area contributed by atoms with E-state index in [1.165, 1.54) is 42.9 Å². The standard InChI is InChI=1S/C16H28N4/c1-4-15-18-13-11-17-10-7-14(13)20(15)12-16(19(2)3)8-5-6-9-16/h17H,4-12H2,1-3H3. The molecule has 4 heteroatoms. The number of rotatable bonds is 4. The Balaban J connectivity index is 1.95. The Morgan fingerprint density at radius 3 is 2.70 bits per heavy atom. The summed E-state index contributed by atoms with van der Waals surface area (Å²) in [5, 5.41) is 3.45. The number of fused-ring (bicyclic) bond motifs is 1. The van der Waals surface area contributed by atoms with E-state index in [1.807, 2.05) is 0 Å². The van der Waals surface area contributed by atoms with Gasteiger partial charge in [-0.2, -0.15) is 0 Å². The molecule has 1 saturated carbocycles. The molecule has 0 unspecified atom stereocenters. The van der Waals surface area contributed by atoms with E-state index in [0.717, 1.165) is 32.5 Å². The maximum Gasteiger partial charge on any atom is 0.109 e. The van der Waals surface area contributed by atoms with Crippen LogP contribution < -0.4 is 5.32 Å². The first-order valence-electron chi connectivity index (χ1n) is 8.11. The van der Waals surface area contributed by atoms with Gasteiger partial charge in [0.1, 0.15) is 5.82 Å². The van der Waals surface area contributed by atoms with Gasteiger partial charge in [-0.1, -0.05) is 19.8 Å². The summed E-state index contributed by atoms with van der Waals surface area (Å²) in [6, 6.07) is 0. The number of nitrogens with one attached hydrogen (secondary N) is 1. The quantitative estimate of drug-likeness (QED) is 0.912. The van der Waals surface area contributed by atoms with Crippen molar-refractivity contribution in [2.75, 3.05) is 20.6 Å². The van der Waals surface area contributed by atoms with Crippen molar-refractivity contribution in [1.29, 1.82) is 0 Å². The zero-order valence-electron chi connectivity index (χ0n) is 13.2. The van der Waals surface area contributed by atoms with Crippen molar-refractivity contribution in [3.63, 3.8) is 0 Å². The van der Waals surface area contributed by atoms with Gasteiger partial charge in [-0.25, -0.2) is 4.98 Å². The molecule has 0 spiro atoms. The van der Waals surface area contributed by atoms with Crippen LogP contribution in [0.5, 0.6) is 0 Å². The molecule has 1 aliphatic heterocycles. The van der Waals surface area contributed by atoms with Crippen LogP contribution >= 0.6 is 0 Å². The summed E-state index contributed by atoms with van der Waals surface area (Å²) < 4.78 is 2.56. The highest BCUT2D eigenvalue weighted by Gasteiger charge is 2.37. The van der Waals surface area contributed by atoms with E-state index >= 15 is 0 Å².